The van der Waals surface area contributed by atoms with Crippen molar-refractivity contribution in [3.63, 3.8) is 0 Å². The molecule has 0 radical (unpaired) electrons. The average molecular weight is 390 g/mol. The summed E-state index contributed by atoms with van der Waals surface area (Å²) >= 11 is 0. The highest BCUT2D eigenvalue weighted by Gasteiger charge is 2.14. The van der Waals surface area contributed by atoms with E-state index in [1.165, 1.54) is 0 Å². The van der Waals surface area contributed by atoms with Crippen molar-refractivity contribution in [1.82, 2.24) is 0 Å². The van der Waals surface area contributed by atoms with Gasteiger partial charge in [0.15, 0.2) is 0 Å². The maximum atomic E-state index is 12.3. The molecular weight excluding hydrogens is 368 g/mol. The molecule has 5 nitrogen and oxygen atoms in total. The van der Waals surface area contributed by atoms with Crippen LogP contribution in [0.3, 0.4) is 0 Å². The number of carbonyl (C=O) groups excluding carboxylic acids is 1. The van der Waals surface area contributed by atoms with Gasteiger partial charge in [-0.15, -0.1) is 0 Å². The van der Waals surface area contributed by atoms with E-state index in [4.69, 9.17) is 18.6 Å². The second-order valence-electron chi connectivity index (χ2n) is 6.57. The highest BCUT2D eigenvalue weighted by atomic mass is 16.6. The molecule has 1 heterocycles. The van der Waals surface area contributed by atoms with Crippen molar-refractivity contribution in [1.29, 1.82) is 0 Å². The lowest BCUT2D eigenvalue weighted by Crippen LogP contribution is -2.13. The standard InChI is InChI=1S/C24H22O5/c1-2-26-19-8-10-20(11-9-19)27-13-14-28-23(25)15-18-16-29-22-12-7-17-5-3-4-6-21(17)24(18)22/h3-12,16H,2,13-15H2,1H3. The van der Waals surface area contributed by atoms with E-state index in [1.54, 1.807) is 6.26 Å². The Hall–Kier alpha value is -3.47. The molecule has 148 valence electrons. The number of hydrogen-bond donors (Lipinski definition) is 0. The molecule has 0 bridgehead atoms. The molecule has 0 atom stereocenters. The minimum Gasteiger partial charge on any atom is -0.494 e. The fourth-order valence-corrected chi connectivity index (χ4v) is 3.32. The van der Waals surface area contributed by atoms with E-state index in [1.807, 2.05) is 67.6 Å². The Morgan fingerprint density at radius 2 is 1.66 bits per heavy atom. The third kappa shape index (κ3) is 4.35. The van der Waals surface area contributed by atoms with Crippen LogP contribution in [0.4, 0.5) is 0 Å². The van der Waals surface area contributed by atoms with Gasteiger partial charge >= 0.3 is 5.97 Å². The monoisotopic (exact) mass is 390 g/mol. The molecular formula is C24H22O5. The summed E-state index contributed by atoms with van der Waals surface area (Å²) in [4.78, 5) is 12.3. The first-order valence-electron chi connectivity index (χ1n) is 9.63. The van der Waals surface area contributed by atoms with Gasteiger partial charge in [0.25, 0.3) is 0 Å². The van der Waals surface area contributed by atoms with E-state index in [0.717, 1.165) is 33.1 Å². The molecule has 0 saturated heterocycles. The summed E-state index contributed by atoms with van der Waals surface area (Å²) in [6.07, 6.45) is 1.79. The largest absolute Gasteiger partial charge is 0.494 e. The van der Waals surface area contributed by atoms with Crippen molar-refractivity contribution in [2.24, 2.45) is 0 Å². The number of fused-ring (bicyclic) bond motifs is 3. The van der Waals surface area contributed by atoms with Gasteiger partial charge in [-0.3, -0.25) is 4.79 Å². The molecule has 0 aliphatic heterocycles. The third-order valence-electron chi connectivity index (χ3n) is 4.62. The number of furan rings is 1. The van der Waals surface area contributed by atoms with Crippen LogP contribution in [0, 0.1) is 0 Å². The van der Waals surface area contributed by atoms with Crippen molar-refractivity contribution in [2.45, 2.75) is 13.3 Å². The predicted molar refractivity (Wildman–Crippen MR) is 111 cm³/mol. The van der Waals surface area contributed by atoms with Gasteiger partial charge in [0.2, 0.25) is 0 Å². The Morgan fingerprint density at radius 3 is 2.45 bits per heavy atom. The highest BCUT2D eigenvalue weighted by molar-refractivity contribution is 6.08. The van der Waals surface area contributed by atoms with Gasteiger partial charge in [-0.05, 0) is 48.0 Å². The van der Waals surface area contributed by atoms with E-state index in [2.05, 4.69) is 0 Å². The zero-order valence-corrected chi connectivity index (χ0v) is 16.2. The van der Waals surface area contributed by atoms with E-state index in [9.17, 15) is 4.79 Å². The smallest absolute Gasteiger partial charge is 0.310 e. The lowest BCUT2D eigenvalue weighted by molar-refractivity contribution is -0.143. The number of carbonyl (C=O) groups is 1. The zero-order valence-electron chi connectivity index (χ0n) is 16.2. The van der Waals surface area contributed by atoms with Gasteiger partial charge < -0.3 is 18.6 Å². The maximum Gasteiger partial charge on any atom is 0.310 e. The molecule has 5 heteroatoms. The number of benzene rings is 3. The van der Waals surface area contributed by atoms with E-state index in [-0.39, 0.29) is 25.6 Å². The molecule has 0 saturated carbocycles. The lowest BCUT2D eigenvalue weighted by atomic mass is 10.0. The zero-order chi connectivity index (χ0) is 20.1. The summed E-state index contributed by atoms with van der Waals surface area (Å²) in [5.74, 6) is 1.19. The van der Waals surface area contributed by atoms with Crippen molar-refractivity contribution in [3.05, 3.63) is 72.5 Å². The molecule has 0 amide bonds. The summed E-state index contributed by atoms with van der Waals surface area (Å²) in [7, 11) is 0. The van der Waals surface area contributed by atoms with Crippen LogP contribution in [0.25, 0.3) is 21.7 Å². The molecule has 4 aromatic rings. The van der Waals surface area contributed by atoms with E-state index in [0.29, 0.717) is 12.4 Å². The van der Waals surface area contributed by atoms with Crippen molar-refractivity contribution in [3.8, 4) is 11.5 Å². The topological polar surface area (TPSA) is 57.9 Å². The van der Waals surface area contributed by atoms with Crippen LogP contribution < -0.4 is 9.47 Å². The summed E-state index contributed by atoms with van der Waals surface area (Å²) < 4.78 is 21.9. The molecule has 0 spiro atoms. The van der Waals surface area contributed by atoms with Crippen LogP contribution in [-0.2, 0) is 16.0 Å². The number of ether oxygens (including phenoxy) is 3. The van der Waals surface area contributed by atoms with Crippen molar-refractivity contribution < 1.29 is 23.4 Å². The Bertz CT molecular complexity index is 1110. The van der Waals surface area contributed by atoms with Crippen LogP contribution >= 0.6 is 0 Å². The second kappa shape index (κ2) is 8.69. The molecule has 0 unspecified atom stereocenters. The predicted octanol–water partition coefficient (Wildman–Crippen LogP) is 5.15. The van der Waals surface area contributed by atoms with Crippen LogP contribution in [0.1, 0.15) is 12.5 Å². The Labute approximate surface area is 168 Å². The molecule has 0 fully saturated rings. The summed E-state index contributed by atoms with van der Waals surface area (Å²) in [6.45, 7) is 3.03. The number of hydrogen-bond acceptors (Lipinski definition) is 5. The molecule has 1 aromatic heterocycles. The van der Waals surface area contributed by atoms with Crippen LogP contribution in [0.5, 0.6) is 11.5 Å². The van der Waals surface area contributed by atoms with Gasteiger partial charge in [-0.1, -0.05) is 30.3 Å². The fourth-order valence-electron chi connectivity index (χ4n) is 3.32. The number of esters is 1. The Kier molecular flexibility index (Phi) is 5.66. The number of rotatable bonds is 8. The maximum absolute atomic E-state index is 12.3. The van der Waals surface area contributed by atoms with E-state index >= 15 is 0 Å². The molecule has 0 N–H and O–H groups in total. The van der Waals surface area contributed by atoms with Gasteiger partial charge in [0, 0.05) is 10.9 Å². The SMILES string of the molecule is CCOc1ccc(OCCOC(=O)Cc2coc3ccc4ccccc4c23)cc1. The first-order valence-corrected chi connectivity index (χ1v) is 9.63. The first kappa shape index (κ1) is 18.9. The van der Waals surface area contributed by atoms with E-state index < -0.39 is 0 Å². The molecule has 0 aliphatic rings. The summed E-state index contributed by atoms with van der Waals surface area (Å²) in [6, 6.07) is 19.3. The van der Waals surface area contributed by atoms with Gasteiger partial charge in [-0.2, -0.15) is 0 Å². The first-order chi connectivity index (χ1) is 14.2. The van der Waals surface area contributed by atoms with Crippen LogP contribution in [0.2, 0.25) is 0 Å². The van der Waals surface area contributed by atoms with Gasteiger partial charge in [-0.25, -0.2) is 0 Å². The molecule has 3 aromatic carbocycles. The minimum absolute atomic E-state index is 0.157. The quantitative estimate of drug-likeness (QED) is 0.308. The van der Waals surface area contributed by atoms with Gasteiger partial charge in [0.1, 0.15) is 30.3 Å². The summed E-state index contributed by atoms with van der Waals surface area (Å²) in [5.41, 5.74) is 1.60. The van der Waals surface area contributed by atoms with Crippen molar-refractivity contribution in [2.75, 3.05) is 19.8 Å². The Morgan fingerprint density at radius 1 is 0.897 bits per heavy atom. The molecule has 0 aliphatic carbocycles. The Balaban J connectivity index is 1.32. The molecule has 4 rings (SSSR count). The average Bonchev–Trinajstić information content (AvgIpc) is 3.16. The minimum atomic E-state index is -0.309. The summed E-state index contributed by atoms with van der Waals surface area (Å²) in [5, 5.41) is 3.14. The lowest BCUT2D eigenvalue weighted by Gasteiger charge is -2.08. The second-order valence-corrected chi connectivity index (χ2v) is 6.57. The van der Waals surface area contributed by atoms with Crippen molar-refractivity contribution >= 4 is 27.7 Å². The normalized spacial score (nSPS) is 10.9. The fraction of sp³-hybridized carbons (Fsp3) is 0.208. The van der Waals surface area contributed by atoms with Crippen LogP contribution in [0.15, 0.2) is 71.3 Å². The highest BCUT2D eigenvalue weighted by Crippen LogP contribution is 2.30. The van der Waals surface area contributed by atoms with Crippen LogP contribution in [-0.4, -0.2) is 25.8 Å². The van der Waals surface area contributed by atoms with Gasteiger partial charge in [0.05, 0.1) is 19.3 Å². The third-order valence-corrected chi connectivity index (χ3v) is 4.62. The molecule has 29 heavy (non-hydrogen) atoms.